The number of halogens is 4. The van der Waals surface area contributed by atoms with E-state index in [0.29, 0.717) is 10.7 Å². The minimum Gasteiger partial charge on any atom is -0.261 e. The number of alkyl halides is 3. The van der Waals surface area contributed by atoms with Gasteiger partial charge in [-0.15, -0.1) is 0 Å². The predicted octanol–water partition coefficient (Wildman–Crippen LogP) is 5.15. The number of nitrogens with one attached hydrogen (secondary N) is 1. The molecule has 0 spiro atoms. The van der Waals surface area contributed by atoms with Crippen LogP contribution in [-0.4, -0.2) is 20.8 Å². The van der Waals surface area contributed by atoms with Crippen molar-refractivity contribution < 1.29 is 13.2 Å². The molecule has 0 aliphatic carbocycles. The number of nitrogens with zero attached hydrogens (tertiary/aromatic N) is 4. The zero-order valence-electron chi connectivity index (χ0n) is 14.8. The van der Waals surface area contributed by atoms with Gasteiger partial charge in [-0.1, -0.05) is 44.5 Å². The summed E-state index contributed by atoms with van der Waals surface area (Å²) in [6, 6.07) is 9.29. The van der Waals surface area contributed by atoms with Gasteiger partial charge in [0.1, 0.15) is 0 Å². The lowest BCUT2D eigenvalue weighted by atomic mass is 9.93. The summed E-state index contributed by atoms with van der Waals surface area (Å²) in [6.07, 6.45) is -3.10. The average molecular weight is 396 g/mol. The van der Waals surface area contributed by atoms with Crippen molar-refractivity contribution >= 4 is 29.3 Å². The lowest BCUT2D eigenvalue weighted by Gasteiger charge is -2.13. The fraction of sp³-hybridized carbons (Fsp3) is 0.278. The summed E-state index contributed by atoms with van der Waals surface area (Å²) in [6.45, 7) is 5.77. The van der Waals surface area contributed by atoms with Gasteiger partial charge in [0, 0.05) is 22.6 Å². The number of anilines is 1. The lowest BCUT2D eigenvalue weighted by molar-refractivity contribution is -0.141. The topological polar surface area (TPSA) is 54.6 Å². The number of hydrazone groups is 1. The molecule has 3 rings (SSSR count). The maximum atomic E-state index is 13.2. The Kier molecular flexibility index (Phi) is 4.86. The van der Waals surface area contributed by atoms with Gasteiger partial charge in [-0.2, -0.15) is 27.9 Å². The summed E-state index contributed by atoms with van der Waals surface area (Å²) >= 11 is 5.82. The quantitative estimate of drug-likeness (QED) is 0.493. The third kappa shape index (κ3) is 4.39. The average Bonchev–Trinajstić information content (AvgIpc) is 3.00. The normalized spacial score (nSPS) is 12.9. The van der Waals surface area contributed by atoms with Gasteiger partial charge in [-0.25, -0.2) is 4.98 Å². The summed E-state index contributed by atoms with van der Waals surface area (Å²) < 4.78 is 40.9. The summed E-state index contributed by atoms with van der Waals surface area (Å²) in [5.41, 5.74) is 2.73. The van der Waals surface area contributed by atoms with E-state index in [0.717, 1.165) is 11.6 Å². The molecule has 0 unspecified atom stereocenters. The highest BCUT2D eigenvalue weighted by atomic mass is 35.5. The van der Waals surface area contributed by atoms with Crippen LogP contribution in [0.1, 0.15) is 37.7 Å². The highest BCUT2D eigenvalue weighted by molar-refractivity contribution is 6.30. The first kappa shape index (κ1) is 19.2. The van der Waals surface area contributed by atoms with Gasteiger partial charge in [0.25, 0.3) is 0 Å². The van der Waals surface area contributed by atoms with Crippen LogP contribution in [0.15, 0.2) is 41.5 Å². The van der Waals surface area contributed by atoms with E-state index in [2.05, 4.69) is 20.6 Å². The van der Waals surface area contributed by atoms with Crippen molar-refractivity contribution in [2.24, 2.45) is 5.10 Å². The molecular weight excluding hydrogens is 379 g/mol. The van der Waals surface area contributed by atoms with Crippen molar-refractivity contribution in [3.63, 3.8) is 0 Å². The number of benzene rings is 1. The molecule has 0 radical (unpaired) electrons. The highest BCUT2D eigenvalue weighted by Crippen LogP contribution is 2.31. The second kappa shape index (κ2) is 6.84. The van der Waals surface area contributed by atoms with E-state index in [-0.39, 0.29) is 16.9 Å². The van der Waals surface area contributed by atoms with Crippen molar-refractivity contribution in [3.8, 4) is 0 Å². The molecule has 0 saturated carbocycles. The second-order valence-electron chi connectivity index (χ2n) is 7.00. The Bertz CT molecular complexity index is 985. The Hall–Kier alpha value is -2.61. The van der Waals surface area contributed by atoms with Crippen LogP contribution < -0.4 is 5.43 Å². The van der Waals surface area contributed by atoms with E-state index >= 15 is 0 Å². The largest absolute Gasteiger partial charge is 0.433 e. The van der Waals surface area contributed by atoms with Crippen LogP contribution in [0.3, 0.4) is 0 Å². The fourth-order valence-corrected chi connectivity index (χ4v) is 2.41. The first-order valence-corrected chi connectivity index (χ1v) is 8.45. The van der Waals surface area contributed by atoms with E-state index in [4.69, 9.17) is 11.6 Å². The number of hydrogen-bond donors (Lipinski definition) is 1. The molecule has 9 heteroatoms. The number of aromatic nitrogens is 3. The van der Waals surface area contributed by atoms with Crippen LogP contribution in [0.4, 0.5) is 19.0 Å². The van der Waals surface area contributed by atoms with Crippen LogP contribution in [-0.2, 0) is 11.6 Å². The van der Waals surface area contributed by atoms with E-state index in [1.165, 1.54) is 10.7 Å². The minimum absolute atomic E-state index is 0.0630. The molecule has 5 nitrogen and oxygen atoms in total. The van der Waals surface area contributed by atoms with Crippen LogP contribution >= 0.6 is 11.6 Å². The van der Waals surface area contributed by atoms with E-state index in [1.807, 2.05) is 20.8 Å². The Morgan fingerprint density at radius 1 is 1.07 bits per heavy atom. The maximum Gasteiger partial charge on any atom is 0.433 e. The third-order valence-electron chi connectivity index (χ3n) is 3.75. The minimum atomic E-state index is -4.58. The van der Waals surface area contributed by atoms with E-state index < -0.39 is 11.9 Å². The van der Waals surface area contributed by atoms with Crippen molar-refractivity contribution in [1.29, 1.82) is 0 Å². The van der Waals surface area contributed by atoms with Crippen LogP contribution in [0, 0.1) is 0 Å². The summed E-state index contributed by atoms with van der Waals surface area (Å²) in [7, 11) is 0. The molecule has 3 aromatic rings. The molecule has 1 aromatic carbocycles. The Morgan fingerprint density at radius 2 is 1.74 bits per heavy atom. The zero-order chi connectivity index (χ0) is 19.8. The van der Waals surface area contributed by atoms with Crippen molar-refractivity contribution in [3.05, 3.63) is 58.4 Å². The Balaban J connectivity index is 2.01. The van der Waals surface area contributed by atoms with Gasteiger partial charge >= 0.3 is 6.18 Å². The molecule has 0 atom stereocenters. The van der Waals surface area contributed by atoms with Crippen molar-refractivity contribution in [2.75, 3.05) is 5.43 Å². The first-order chi connectivity index (χ1) is 12.5. The van der Waals surface area contributed by atoms with E-state index in [9.17, 15) is 13.2 Å². The van der Waals surface area contributed by atoms with Gasteiger partial charge < -0.3 is 0 Å². The molecule has 2 aromatic heterocycles. The molecule has 0 saturated heterocycles. The zero-order valence-corrected chi connectivity index (χ0v) is 15.6. The summed E-state index contributed by atoms with van der Waals surface area (Å²) in [4.78, 5) is 3.69. The molecule has 142 valence electrons. The van der Waals surface area contributed by atoms with Crippen LogP contribution in [0.25, 0.3) is 5.65 Å². The first-order valence-electron chi connectivity index (χ1n) is 8.07. The summed E-state index contributed by atoms with van der Waals surface area (Å²) in [5.74, 6) is 0.0630. The molecule has 2 heterocycles. The predicted molar refractivity (Wildman–Crippen MR) is 99.4 cm³/mol. The van der Waals surface area contributed by atoms with Gasteiger partial charge in [-0.05, 0) is 17.7 Å². The molecular formula is C18H17ClF3N5. The molecule has 0 aliphatic heterocycles. The monoisotopic (exact) mass is 395 g/mol. The Morgan fingerprint density at radius 3 is 2.33 bits per heavy atom. The van der Waals surface area contributed by atoms with E-state index in [1.54, 1.807) is 30.3 Å². The molecule has 0 aliphatic rings. The summed E-state index contributed by atoms with van der Waals surface area (Å²) in [5, 5.41) is 8.97. The lowest BCUT2D eigenvalue weighted by Crippen LogP contribution is -2.13. The molecule has 0 bridgehead atoms. The van der Waals surface area contributed by atoms with Gasteiger partial charge in [0.2, 0.25) is 0 Å². The number of fused-ring (bicyclic) bond motifs is 1. The van der Waals surface area contributed by atoms with Crippen LogP contribution in [0.2, 0.25) is 5.02 Å². The smallest absolute Gasteiger partial charge is 0.261 e. The molecule has 0 amide bonds. The number of hydrogen-bond acceptors (Lipinski definition) is 4. The Labute approximate surface area is 158 Å². The number of rotatable bonds is 3. The van der Waals surface area contributed by atoms with Crippen molar-refractivity contribution in [1.82, 2.24) is 14.6 Å². The standard InChI is InChI=1S/C18H17ClF3N5/c1-17(2,3)13-8-15-24-14(18(20,21)22)9-16(27(15)26-13)25-23-10-11-4-6-12(19)7-5-11/h4-10,25H,1-3H3/b23-10+. The molecule has 1 N–H and O–H groups in total. The van der Waals surface area contributed by atoms with Gasteiger partial charge in [0.05, 0.1) is 11.9 Å². The fourth-order valence-electron chi connectivity index (χ4n) is 2.29. The maximum absolute atomic E-state index is 13.2. The van der Waals surface area contributed by atoms with Gasteiger partial charge in [-0.3, -0.25) is 5.43 Å². The highest BCUT2D eigenvalue weighted by Gasteiger charge is 2.34. The van der Waals surface area contributed by atoms with Gasteiger partial charge in [0.15, 0.2) is 17.2 Å². The van der Waals surface area contributed by atoms with Crippen LogP contribution in [0.5, 0.6) is 0 Å². The van der Waals surface area contributed by atoms with Crippen molar-refractivity contribution in [2.45, 2.75) is 32.4 Å². The second-order valence-corrected chi connectivity index (χ2v) is 7.43. The molecule has 27 heavy (non-hydrogen) atoms. The molecule has 0 fully saturated rings. The SMILES string of the molecule is CC(C)(C)c1cc2nc(C(F)(F)F)cc(N/N=C/c3ccc(Cl)cc3)n2n1. The third-order valence-corrected chi connectivity index (χ3v) is 4.00.